The van der Waals surface area contributed by atoms with Gasteiger partial charge in [0.25, 0.3) is 0 Å². The molecule has 1 aliphatic carbocycles. The zero-order valence-electron chi connectivity index (χ0n) is 12.7. The number of rotatable bonds is 6. The van der Waals surface area contributed by atoms with Crippen molar-refractivity contribution in [2.45, 2.75) is 51.4 Å². The number of hydrogen-bond acceptors (Lipinski definition) is 3. The maximum Gasteiger partial charge on any atom is 0.306 e. The van der Waals surface area contributed by atoms with Gasteiger partial charge in [0.15, 0.2) is 0 Å². The quantitative estimate of drug-likeness (QED) is 0.746. The van der Waals surface area contributed by atoms with E-state index in [-0.39, 0.29) is 24.1 Å². The summed E-state index contributed by atoms with van der Waals surface area (Å²) in [6.45, 7) is 2.17. The van der Waals surface area contributed by atoms with Crippen molar-refractivity contribution in [3.8, 4) is 0 Å². The zero-order valence-corrected chi connectivity index (χ0v) is 12.7. The van der Waals surface area contributed by atoms with E-state index in [4.69, 9.17) is 4.74 Å². The van der Waals surface area contributed by atoms with Crippen LogP contribution in [0.5, 0.6) is 0 Å². The highest BCUT2D eigenvalue weighted by molar-refractivity contribution is 5.84. The molecule has 21 heavy (non-hydrogen) atoms. The minimum Gasteiger partial charge on any atom is -0.466 e. The number of benzene rings is 1. The Bertz CT molecular complexity index is 459. The van der Waals surface area contributed by atoms with Gasteiger partial charge in [0.2, 0.25) is 0 Å². The lowest BCUT2D eigenvalue weighted by Crippen LogP contribution is -2.22. The normalized spacial score (nSPS) is 21.8. The molecular weight excluding hydrogens is 264 g/mol. The molecule has 1 aromatic rings. The van der Waals surface area contributed by atoms with Gasteiger partial charge >= 0.3 is 5.97 Å². The monoisotopic (exact) mass is 288 g/mol. The molecule has 0 unspecified atom stereocenters. The van der Waals surface area contributed by atoms with E-state index in [9.17, 15) is 9.59 Å². The zero-order chi connectivity index (χ0) is 15.1. The molecule has 1 saturated carbocycles. The van der Waals surface area contributed by atoms with Crippen LogP contribution in [0.4, 0.5) is 0 Å². The third kappa shape index (κ3) is 4.69. The Morgan fingerprint density at radius 1 is 1.05 bits per heavy atom. The van der Waals surface area contributed by atoms with E-state index in [1.54, 1.807) is 6.92 Å². The molecule has 3 heteroatoms. The van der Waals surface area contributed by atoms with Gasteiger partial charge in [-0.2, -0.15) is 0 Å². The first-order valence-corrected chi connectivity index (χ1v) is 7.94. The highest BCUT2D eigenvalue weighted by atomic mass is 16.5. The van der Waals surface area contributed by atoms with Crippen LogP contribution >= 0.6 is 0 Å². The highest BCUT2D eigenvalue weighted by Gasteiger charge is 2.26. The summed E-state index contributed by atoms with van der Waals surface area (Å²) in [5, 5.41) is 0. The summed E-state index contributed by atoms with van der Waals surface area (Å²) in [4.78, 5) is 23.4. The van der Waals surface area contributed by atoms with E-state index in [0.717, 1.165) is 25.7 Å². The second-order valence-corrected chi connectivity index (χ2v) is 5.73. The molecule has 0 amide bonds. The Morgan fingerprint density at radius 2 is 1.71 bits per heavy atom. The van der Waals surface area contributed by atoms with E-state index < -0.39 is 0 Å². The molecule has 0 aliphatic heterocycles. The number of ketones is 1. The SMILES string of the molecule is CCOC(=O)CCC(=O)C1CCC(c2ccccc2)CC1. The Labute approximate surface area is 126 Å². The van der Waals surface area contributed by atoms with Crippen LogP contribution in [-0.2, 0) is 14.3 Å². The van der Waals surface area contributed by atoms with Crippen LogP contribution in [0.25, 0.3) is 0 Å². The number of Topliss-reactive ketones (excluding diaryl/α,β-unsaturated/α-hetero) is 1. The first-order valence-electron chi connectivity index (χ1n) is 7.94. The standard InChI is InChI=1S/C18H24O3/c1-2-21-18(20)13-12-17(19)16-10-8-15(9-11-16)14-6-4-3-5-7-14/h3-7,15-16H,2,8-13H2,1H3. The molecule has 0 atom stereocenters. The van der Waals surface area contributed by atoms with Gasteiger partial charge in [-0.05, 0) is 44.1 Å². The first-order chi connectivity index (χ1) is 10.2. The average Bonchev–Trinajstić information content (AvgIpc) is 2.54. The molecule has 1 fully saturated rings. The average molecular weight is 288 g/mol. The molecule has 0 saturated heterocycles. The fraction of sp³-hybridized carbons (Fsp3) is 0.556. The van der Waals surface area contributed by atoms with Gasteiger partial charge in [0.1, 0.15) is 5.78 Å². The predicted octanol–water partition coefficient (Wildman–Crippen LogP) is 3.87. The van der Waals surface area contributed by atoms with Crippen LogP contribution in [0, 0.1) is 5.92 Å². The lowest BCUT2D eigenvalue weighted by molar-refractivity contribution is -0.144. The minimum absolute atomic E-state index is 0.138. The van der Waals surface area contributed by atoms with Crippen molar-refractivity contribution >= 4 is 11.8 Å². The minimum atomic E-state index is -0.260. The maximum absolute atomic E-state index is 12.1. The van der Waals surface area contributed by atoms with Gasteiger partial charge in [-0.3, -0.25) is 9.59 Å². The smallest absolute Gasteiger partial charge is 0.306 e. The molecule has 0 N–H and O–H groups in total. The molecular formula is C18H24O3. The molecule has 114 valence electrons. The van der Waals surface area contributed by atoms with Gasteiger partial charge in [-0.15, -0.1) is 0 Å². The number of carbonyl (C=O) groups excluding carboxylic acids is 2. The van der Waals surface area contributed by atoms with Crippen molar-refractivity contribution in [2.24, 2.45) is 5.92 Å². The molecule has 0 radical (unpaired) electrons. The van der Waals surface area contributed by atoms with Crippen molar-refractivity contribution in [1.29, 1.82) is 0 Å². The summed E-state index contributed by atoms with van der Waals surface area (Å²) in [5.41, 5.74) is 1.38. The summed E-state index contributed by atoms with van der Waals surface area (Å²) in [6.07, 6.45) is 4.59. The van der Waals surface area contributed by atoms with Crippen molar-refractivity contribution in [1.82, 2.24) is 0 Å². The third-order valence-electron chi connectivity index (χ3n) is 4.33. The van der Waals surface area contributed by atoms with Gasteiger partial charge in [0, 0.05) is 12.3 Å². The van der Waals surface area contributed by atoms with Crippen LogP contribution in [0.3, 0.4) is 0 Å². The first kappa shape index (κ1) is 15.7. The molecule has 1 aromatic carbocycles. The summed E-state index contributed by atoms with van der Waals surface area (Å²) < 4.78 is 4.86. The molecule has 0 aromatic heterocycles. The lowest BCUT2D eigenvalue weighted by Gasteiger charge is -2.28. The Morgan fingerprint density at radius 3 is 2.33 bits per heavy atom. The van der Waals surface area contributed by atoms with Gasteiger partial charge in [-0.1, -0.05) is 30.3 Å². The lowest BCUT2D eigenvalue weighted by atomic mass is 9.76. The van der Waals surface area contributed by atoms with Crippen molar-refractivity contribution in [2.75, 3.05) is 6.61 Å². The number of hydrogen-bond donors (Lipinski definition) is 0. The fourth-order valence-electron chi connectivity index (χ4n) is 3.14. The molecule has 0 heterocycles. The Balaban J connectivity index is 1.76. The van der Waals surface area contributed by atoms with Crippen LogP contribution in [0.15, 0.2) is 30.3 Å². The van der Waals surface area contributed by atoms with Crippen LogP contribution in [-0.4, -0.2) is 18.4 Å². The fourth-order valence-corrected chi connectivity index (χ4v) is 3.14. The predicted molar refractivity (Wildman–Crippen MR) is 82.0 cm³/mol. The Hall–Kier alpha value is -1.64. The van der Waals surface area contributed by atoms with Crippen LogP contribution in [0.2, 0.25) is 0 Å². The van der Waals surface area contributed by atoms with Gasteiger partial charge < -0.3 is 4.74 Å². The molecule has 1 aliphatic rings. The van der Waals surface area contributed by atoms with E-state index in [2.05, 4.69) is 24.3 Å². The largest absolute Gasteiger partial charge is 0.466 e. The van der Waals surface area contributed by atoms with Crippen LogP contribution < -0.4 is 0 Å². The van der Waals surface area contributed by atoms with Crippen molar-refractivity contribution in [3.05, 3.63) is 35.9 Å². The van der Waals surface area contributed by atoms with Gasteiger partial charge in [0.05, 0.1) is 13.0 Å². The van der Waals surface area contributed by atoms with Crippen molar-refractivity contribution < 1.29 is 14.3 Å². The molecule has 3 nitrogen and oxygen atoms in total. The van der Waals surface area contributed by atoms with Crippen molar-refractivity contribution in [3.63, 3.8) is 0 Å². The molecule has 0 spiro atoms. The highest BCUT2D eigenvalue weighted by Crippen LogP contribution is 2.36. The molecule has 0 bridgehead atoms. The van der Waals surface area contributed by atoms with E-state index in [1.807, 2.05) is 6.07 Å². The number of esters is 1. The summed E-state index contributed by atoms with van der Waals surface area (Å²) in [5.74, 6) is 0.693. The summed E-state index contributed by atoms with van der Waals surface area (Å²) >= 11 is 0. The van der Waals surface area contributed by atoms with Crippen LogP contribution in [0.1, 0.15) is 56.9 Å². The number of carbonyl (C=O) groups is 2. The second-order valence-electron chi connectivity index (χ2n) is 5.73. The Kier molecular flexibility index (Phi) is 5.97. The van der Waals surface area contributed by atoms with E-state index in [0.29, 0.717) is 18.9 Å². The molecule has 2 rings (SSSR count). The van der Waals surface area contributed by atoms with E-state index >= 15 is 0 Å². The second kappa shape index (κ2) is 7.96. The maximum atomic E-state index is 12.1. The topological polar surface area (TPSA) is 43.4 Å². The number of ether oxygens (including phenoxy) is 1. The summed E-state index contributed by atoms with van der Waals surface area (Å²) in [7, 11) is 0. The summed E-state index contributed by atoms with van der Waals surface area (Å²) in [6, 6.07) is 10.5. The van der Waals surface area contributed by atoms with Gasteiger partial charge in [-0.25, -0.2) is 0 Å². The third-order valence-corrected chi connectivity index (χ3v) is 4.33. The van der Waals surface area contributed by atoms with E-state index in [1.165, 1.54) is 5.56 Å².